The Bertz CT molecular complexity index is 517. The third kappa shape index (κ3) is 2.84. The minimum Gasteiger partial charge on any atom is -0.387 e. The summed E-state index contributed by atoms with van der Waals surface area (Å²) in [6.45, 7) is 0. The van der Waals surface area contributed by atoms with Crippen molar-refractivity contribution in [2.24, 2.45) is 5.92 Å². The highest BCUT2D eigenvalue weighted by Gasteiger charge is 2.21. The lowest BCUT2D eigenvalue weighted by Crippen LogP contribution is -2.06. The van der Waals surface area contributed by atoms with Crippen LogP contribution >= 0.6 is 0 Å². The van der Waals surface area contributed by atoms with Crippen LogP contribution in [0.15, 0.2) is 36.5 Å². The summed E-state index contributed by atoms with van der Waals surface area (Å²) in [7, 11) is 0. The number of aliphatic hydroxyl groups is 1. The molecule has 0 amide bonds. The van der Waals surface area contributed by atoms with E-state index in [1.165, 1.54) is 25.7 Å². The SMILES string of the molecule is OC(CC1CCCC1)c1cnn(-c2ccccc2)n1. The molecule has 0 saturated heterocycles. The molecule has 1 fully saturated rings. The number of para-hydroxylation sites is 1. The minimum absolute atomic E-state index is 0.486. The maximum Gasteiger partial charge on any atom is 0.112 e. The summed E-state index contributed by atoms with van der Waals surface area (Å²) in [5.74, 6) is 0.650. The second-order valence-electron chi connectivity index (χ2n) is 5.30. The van der Waals surface area contributed by atoms with E-state index in [0.717, 1.165) is 12.1 Å². The van der Waals surface area contributed by atoms with Crippen LogP contribution in [0.4, 0.5) is 0 Å². The largest absolute Gasteiger partial charge is 0.387 e. The topological polar surface area (TPSA) is 50.9 Å². The first kappa shape index (κ1) is 12.4. The van der Waals surface area contributed by atoms with Crippen LogP contribution in [0, 0.1) is 5.92 Å². The maximum absolute atomic E-state index is 10.2. The molecule has 1 aromatic heterocycles. The molecule has 1 aromatic carbocycles. The molecular weight excluding hydrogens is 238 g/mol. The summed E-state index contributed by atoms with van der Waals surface area (Å²) < 4.78 is 0. The molecule has 1 aliphatic rings. The van der Waals surface area contributed by atoms with Crippen molar-refractivity contribution >= 4 is 0 Å². The molecule has 0 bridgehead atoms. The van der Waals surface area contributed by atoms with Gasteiger partial charge in [-0.15, -0.1) is 0 Å². The van der Waals surface area contributed by atoms with Crippen molar-refractivity contribution in [1.82, 2.24) is 15.0 Å². The van der Waals surface area contributed by atoms with Gasteiger partial charge in [0.25, 0.3) is 0 Å². The van der Waals surface area contributed by atoms with Crippen LogP contribution in [0.5, 0.6) is 0 Å². The van der Waals surface area contributed by atoms with Crippen molar-refractivity contribution in [3.05, 3.63) is 42.2 Å². The molecule has 1 unspecified atom stereocenters. The summed E-state index contributed by atoms with van der Waals surface area (Å²) >= 11 is 0. The summed E-state index contributed by atoms with van der Waals surface area (Å²) in [4.78, 5) is 1.58. The second kappa shape index (κ2) is 5.53. The summed E-state index contributed by atoms with van der Waals surface area (Å²) in [6.07, 6.45) is 7.08. The lowest BCUT2D eigenvalue weighted by molar-refractivity contribution is 0.140. The normalized spacial score (nSPS) is 17.7. The van der Waals surface area contributed by atoms with E-state index < -0.39 is 6.10 Å². The average Bonchev–Trinajstić information content (AvgIpc) is 3.10. The molecule has 0 spiro atoms. The van der Waals surface area contributed by atoms with E-state index in [1.54, 1.807) is 11.0 Å². The lowest BCUT2D eigenvalue weighted by Gasteiger charge is -2.12. The van der Waals surface area contributed by atoms with Crippen LogP contribution in [0.2, 0.25) is 0 Å². The molecule has 1 atom stereocenters. The molecule has 2 aromatic rings. The van der Waals surface area contributed by atoms with E-state index >= 15 is 0 Å². The highest BCUT2D eigenvalue weighted by molar-refractivity contribution is 5.28. The Morgan fingerprint density at radius 1 is 1.21 bits per heavy atom. The standard InChI is InChI=1S/C15H19N3O/c19-15(10-12-6-4-5-7-12)14-11-16-18(17-14)13-8-2-1-3-9-13/h1-3,8-9,11-12,15,19H,4-7,10H2. The van der Waals surface area contributed by atoms with E-state index in [0.29, 0.717) is 11.6 Å². The number of benzene rings is 1. The molecule has 100 valence electrons. The van der Waals surface area contributed by atoms with Gasteiger partial charge in [0.15, 0.2) is 0 Å². The highest BCUT2D eigenvalue weighted by atomic mass is 16.3. The first-order chi connectivity index (χ1) is 9.33. The Morgan fingerprint density at radius 3 is 2.68 bits per heavy atom. The van der Waals surface area contributed by atoms with E-state index in [2.05, 4.69) is 10.2 Å². The summed E-state index contributed by atoms with van der Waals surface area (Å²) in [5, 5.41) is 18.8. The quantitative estimate of drug-likeness (QED) is 0.916. The molecule has 4 heteroatoms. The summed E-state index contributed by atoms with van der Waals surface area (Å²) in [5.41, 5.74) is 1.59. The van der Waals surface area contributed by atoms with Gasteiger partial charge < -0.3 is 5.11 Å². The molecule has 19 heavy (non-hydrogen) atoms. The molecule has 1 saturated carbocycles. The lowest BCUT2D eigenvalue weighted by atomic mass is 9.99. The fourth-order valence-electron chi connectivity index (χ4n) is 2.80. The van der Waals surface area contributed by atoms with Crippen LogP contribution in [0.25, 0.3) is 5.69 Å². The van der Waals surface area contributed by atoms with Gasteiger partial charge in [-0.25, -0.2) is 0 Å². The van der Waals surface area contributed by atoms with E-state index in [9.17, 15) is 5.11 Å². The second-order valence-corrected chi connectivity index (χ2v) is 5.30. The molecular formula is C15H19N3O. The number of hydrogen-bond donors (Lipinski definition) is 1. The van der Waals surface area contributed by atoms with Crippen molar-refractivity contribution < 1.29 is 5.11 Å². The number of aliphatic hydroxyl groups excluding tert-OH is 1. The monoisotopic (exact) mass is 257 g/mol. The van der Waals surface area contributed by atoms with Gasteiger partial charge in [-0.3, -0.25) is 0 Å². The van der Waals surface area contributed by atoms with E-state index in [4.69, 9.17) is 0 Å². The zero-order chi connectivity index (χ0) is 13.1. The Kier molecular flexibility index (Phi) is 3.60. The molecule has 3 rings (SSSR count). The van der Waals surface area contributed by atoms with Crippen LogP contribution in [-0.2, 0) is 0 Å². The van der Waals surface area contributed by atoms with E-state index in [-0.39, 0.29) is 0 Å². The average molecular weight is 257 g/mol. The first-order valence-electron chi connectivity index (χ1n) is 6.98. The Labute approximate surface area is 113 Å². The van der Waals surface area contributed by atoms with Crippen molar-refractivity contribution in [2.45, 2.75) is 38.2 Å². The van der Waals surface area contributed by atoms with Gasteiger partial charge in [-0.2, -0.15) is 15.0 Å². The van der Waals surface area contributed by atoms with Crippen molar-refractivity contribution in [3.8, 4) is 5.69 Å². The third-order valence-corrected chi connectivity index (χ3v) is 3.87. The van der Waals surface area contributed by atoms with Crippen LogP contribution in [0.1, 0.15) is 43.9 Å². The zero-order valence-corrected chi connectivity index (χ0v) is 10.9. The van der Waals surface area contributed by atoms with Crippen LogP contribution in [-0.4, -0.2) is 20.1 Å². The minimum atomic E-state index is -0.486. The van der Waals surface area contributed by atoms with Gasteiger partial charge in [0.2, 0.25) is 0 Å². The highest BCUT2D eigenvalue weighted by Crippen LogP contribution is 2.32. The molecule has 4 nitrogen and oxygen atoms in total. The molecule has 1 aliphatic carbocycles. The molecule has 0 radical (unpaired) electrons. The van der Waals surface area contributed by atoms with Gasteiger partial charge in [0.05, 0.1) is 18.0 Å². The van der Waals surface area contributed by atoms with Gasteiger partial charge in [-0.1, -0.05) is 43.9 Å². The van der Waals surface area contributed by atoms with Crippen molar-refractivity contribution in [3.63, 3.8) is 0 Å². The molecule has 0 aliphatic heterocycles. The van der Waals surface area contributed by atoms with Gasteiger partial charge >= 0.3 is 0 Å². The Balaban J connectivity index is 1.70. The number of nitrogens with zero attached hydrogens (tertiary/aromatic N) is 3. The Morgan fingerprint density at radius 2 is 1.95 bits per heavy atom. The smallest absolute Gasteiger partial charge is 0.112 e. The third-order valence-electron chi connectivity index (χ3n) is 3.87. The van der Waals surface area contributed by atoms with Crippen LogP contribution in [0.3, 0.4) is 0 Å². The molecule has 1 N–H and O–H groups in total. The zero-order valence-electron chi connectivity index (χ0n) is 10.9. The maximum atomic E-state index is 10.2. The van der Waals surface area contributed by atoms with Crippen LogP contribution < -0.4 is 0 Å². The molecule has 1 heterocycles. The van der Waals surface area contributed by atoms with Gasteiger partial charge in [0.1, 0.15) is 5.69 Å². The fourth-order valence-corrected chi connectivity index (χ4v) is 2.80. The van der Waals surface area contributed by atoms with E-state index in [1.807, 2.05) is 30.3 Å². The van der Waals surface area contributed by atoms with Gasteiger partial charge in [0, 0.05) is 0 Å². The number of aromatic nitrogens is 3. The number of rotatable bonds is 4. The number of hydrogen-bond acceptors (Lipinski definition) is 3. The predicted octanol–water partition coefficient (Wildman–Crippen LogP) is 2.88. The van der Waals surface area contributed by atoms with Gasteiger partial charge in [-0.05, 0) is 24.5 Å². The predicted molar refractivity (Wildman–Crippen MR) is 72.9 cm³/mol. The summed E-state index contributed by atoms with van der Waals surface area (Å²) in [6, 6.07) is 9.77. The Hall–Kier alpha value is -1.68. The van der Waals surface area contributed by atoms with Crippen molar-refractivity contribution in [2.75, 3.05) is 0 Å². The first-order valence-corrected chi connectivity index (χ1v) is 6.98. The fraction of sp³-hybridized carbons (Fsp3) is 0.467. The van der Waals surface area contributed by atoms with Crippen molar-refractivity contribution in [1.29, 1.82) is 0 Å².